The zero-order valence-corrected chi connectivity index (χ0v) is 16.0. The second kappa shape index (κ2) is 7.00. The molecule has 0 saturated heterocycles. The van der Waals surface area contributed by atoms with Crippen molar-refractivity contribution in [3.63, 3.8) is 0 Å². The monoisotopic (exact) mass is 385 g/mol. The molecule has 0 atom stereocenters. The van der Waals surface area contributed by atoms with E-state index in [1.165, 1.54) is 5.56 Å². The lowest BCUT2D eigenvalue weighted by atomic mass is 9.99. The first-order valence-electron chi connectivity index (χ1n) is 9.35. The molecule has 0 spiro atoms. The van der Waals surface area contributed by atoms with Gasteiger partial charge in [0, 0.05) is 19.5 Å². The van der Waals surface area contributed by atoms with Crippen molar-refractivity contribution < 1.29 is 18.3 Å². The molecule has 1 amide bonds. The van der Waals surface area contributed by atoms with Crippen LogP contribution in [0.25, 0.3) is 0 Å². The van der Waals surface area contributed by atoms with Gasteiger partial charge in [0.2, 0.25) is 5.91 Å². The molecule has 0 bridgehead atoms. The molecular formula is C21H23NO4S. The van der Waals surface area contributed by atoms with E-state index in [0.29, 0.717) is 24.4 Å². The fourth-order valence-corrected chi connectivity index (χ4v) is 5.27. The molecule has 0 fully saturated rings. The molecule has 27 heavy (non-hydrogen) atoms. The van der Waals surface area contributed by atoms with Crippen LogP contribution in [0, 0.1) is 0 Å². The van der Waals surface area contributed by atoms with E-state index in [1.807, 2.05) is 12.1 Å². The summed E-state index contributed by atoms with van der Waals surface area (Å²) in [6, 6.07) is 10.5. The molecule has 1 heterocycles. The number of carbonyl (C=O) groups is 1. The molecule has 0 aromatic heterocycles. The Bertz CT molecular complexity index is 997. The Hall–Kier alpha value is -2.34. The minimum Gasteiger partial charge on any atom is -0.508 e. The highest BCUT2D eigenvalue weighted by Gasteiger charge is 2.24. The van der Waals surface area contributed by atoms with Crippen LogP contribution in [0.2, 0.25) is 0 Å². The van der Waals surface area contributed by atoms with E-state index in [9.17, 15) is 18.3 Å². The van der Waals surface area contributed by atoms with Gasteiger partial charge in [-0.25, -0.2) is 8.42 Å². The van der Waals surface area contributed by atoms with E-state index in [2.05, 4.69) is 0 Å². The molecule has 0 radical (unpaired) electrons. The molecular weight excluding hydrogens is 362 g/mol. The number of phenols is 1. The number of rotatable bonds is 4. The van der Waals surface area contributed by atoms with Crippen LogP contribution in [0.15, 0.2) is 41.3 Å². The Balaban J connectivity index is 1.41. The van der Waals surface area contributed by atoms with Gasteiger partial charge < -0.3 is 10.0 Å². The number of amides is 1. The van der Waals surface area contributed by atoms with Crippen molar-refractivity contribution in [1.29, 1.82) is 0 Å². The van der Waals surface area contributed by atoms with E-state index in [0.717, 1.165) is 36.0 Å². The van der Waals surface area contributed by atoms with Gasteiger partial charge in [-0.05, 0) is 72.2 Å². The molecule has 0 unspecified atom stereocenters. The number of phenolic OH excluding ortho intramolecular Hbond substituents is 1. The number of carbonyl (C=O) groups excluding carboxylic acids is 1. The van der Waals surface area contributed by atoms with Crippen LogP contribution in [-0.2, 0) is 40.4 Å². The molecule has 0 saturated carbocycles. The third kappa shape index (κ3) is 3.72. The van der Waals surface area contributed by atoms with Crippen LogP contribution in [0.3, 0.4) is 0 Å². The molecule has 2 aromatic carbocycles. The summed E-state index contributed by atoms with van der Waals surface area (Å²) in [6.07, 6.45) is 3.69. The maximum absolute atomic E-state index is 12.7. The highest BCUT2D eigenvalue weighted by Crippen LogP contribution is 2.26. The van der Waals surface area contributed by atoms with Crippen LogP contribution in [0.1, 0.15) is 35.1 Å². The molecule has 2 aromatic rings. The summed E-state index contributed by atoms with van der Waals surface area (Å²) in [7, 11) is -3.46. The second-order valence-corrected chi connectivity index (χ2v) is 9.48. The van der Waals surface area contributed by atoms with Gasteiger partial charge >= 0.3 is 0 Å². The van der Waals surface area contributed by atoms with Crippen molar-refractivity contribution in [3.05, 3.63) is 58.7 Å². The zero-order valence-electron chi connectivity index (χ0n) is 15.1. The lowest BCUT2D eigenvalue weighted by Crippen LogP contribution is -2.36. The highest BCUT2D eigenvalue weighted by atomic mass is 32.2. The highest BCUT2D eigenvalue weighted by molar-refractivity contribution is 7.91. The van der Waals surface area contributed by atoms with E-state index >= 15 is 0 Å². The third-order valence-corrected chi connectivity index (χ3v) is 7.28. The Morgan fingerprint density at radius 2 is 1.70 bits per heavy atom. The lowest BCUT2D eigenvalue weighted by molar-refractivity contribution is -0.131. The average molecular weight is 385 g/mol. The van der Waals surface area contributed by atoms with Gasteiger partial charge in [-0.1, -0.05) is 12.1 Å². The van der Waals surface area contributed by atoms with E-state index in [1.54, 1.807) is 29.2 Å². The number of fused-ring (bicyclic) bond motifs is 2. The molecule has 1 N–H and O–H groups in total. The first kappa shape index (κ1) is 18.0. The number of hydrogen-bond donors (Lipinski definition) is 1. The smallest absolute Gasteiger partial charge is 0.223 e. The fourth-order valence-electron chi connectivity index (χ4n) is 3.99. The van der Waals surface area contributed by atoms with Gasteiger partial charge in [0.05, 0.1) is 10.6 Å². The summed E-state index contributed by atoms with van der Waals surface area (Å²) in [5.74, 6) is -0.0729. The SMILES string of the molecule is O=C(CCS(=O)(=O)c1ccc2c(c1)CCC2)N1CCc2cc(O)ccc2C1. The Morgan fingerprint density at radius 3 is 2.56 bits per heavy atom. The Kier molecular flexibility index (Phi) is 4.68. The van der Waals surface area contributed by atoms with Gasteiger partial charge in [-0.15, -0.1) is 0 Å². The van der Waals surface area contributed by atoms with Crippen LogP contribution in [0.4, 0.5) is 0 Å². The van der Waals surface area contributed by atoms with Crippen LogP contribution in [-0.4, -0.2) is 36.6 Å². The first-order chi connectivity index (χ1) is 12.9. The number of hydrogen-bond acceptors (Lipinski definition) is 4. The van der Waals surface area contributed by atoms with Gasteiger partial charge in [0.15, 0.2) is 9.84 Å². The number of aromatic hydroxyl groups is 1. The first-order valence-corrected chi connectivity index (χ1v) is 11.0. The quantitative estimate of drug-likeness (QED) is 0.878. The van der Waals surface area contributed by atoms with Crippen molar-refractivity contribution >= 4 is 15.7 Å². The van der Waals surface area contributed by atoms with E-state index in [4.69, 9.17) is 0 Å². The van der Waals surface area contributed by atoms with Gasteiger partial charge in [-0.3, -0.25) is 4.79 Å². The maximum atomic E-state index is 12.7. The number of benzene rings is 2. The minimum atomic E-state index is -3.46. The number of sulfone groups is 1. The number of nitrogens with zero attached hydrogens (tertiary/aromatic N) is 1. The van der Waals surface area contributed by atoms with Crippen LogP contribution < -0.4 is 0 Å². The summed E-state index contributed by atoms with van der Waals surface area (Å²) in [4.78, 5) is 14.6. The van der Waals surface area contributed by atoms with Crippen molar-refractivity contribution in [2.75, 3.05) is 12.3 Å². The summed E-state index contributed by atoms with van der Waals surface area (Å²) in [5, 5.41) is 9.56. The lowest BCUT2D eigenvalue weighted by Gasteiger charge is -2.29. The summed E-state index contributed by atoms with van der Waals surface area (Å²) in [6.45, 7) is 1.02. The molecule has 6 heteroatoms. The molecule has 5 nitrogen and oxygen atoms in total. The van der Waals surface area contributed by atoms with Gasteiger partial charge in [0.1, 0.15) is 5.75 Å². The molecule has 1 aliphatic heterocycles. The number of aryl methyl sites for hydroxylation is 2. The molecule has 4 rings (SSSR count). The summed E-state index contributed by atoms with van der Waals surface area (Å²) < 4.78 is 25.3. The topological polar surface area (TPSA) is 74.7 Å². The van der Waals surface area contributed by atoms with E-state index in [-0.39, 0.29) is 23.8 Å². The van der Waals surface area contributed by atoms with Crippen molar-refractivity contribution in [2.24, 2.45) is 0 Å². The second-order valence-electron chi connectivity index (χ2n) is 7.37. The van der Waals surface area contributed by atoms with Crippen molar-refractivity contribution in [2.45, 2.75) is 43.5 Å². The average Bonchev–Trinajstić information content (AvgIpc) is 3.13. The van der Waals surface area contributed by atoms with E-state index < -0.39 is 9.84 Å². The normalized spacial score (nSPS) is 16.1. The predicted molar refractivity (Wildman–Crippen MR) is 102 cm³/mol. The van der Waals surface area contributed by atoms with Crippen LogP contribution >= 0.6 is 0 Å². The molecule has 2 aliphatic rings. The van der Waals surface area contributed by atoms with Gasteiger partial charge in [0.25, 0.3) is 0 Å². The Morgan fingerprint density at radius 1 is 0.963 bits per heavy atom. The standard InChI is InChI=1S/C21H23NO4S/c23-19-6-4-18-14-22(10-8-17(18)12-19)21(24)9-11-27(25,26)20-7-5-15-2-1-3-16(15)13-20/h4-7,12-13,23H,1-3,8-11,14H2. The van der Waals surface area contributed by atoms with Gasteiger partial charge in [-0.2, -0.15) is 0 Å². The van der Waals surface area contributed by atoms with Crippen molar-refractivity contribution in [3.8, 4) is 5.75 Å². The predicted octanol–water partition coefficient (Wildman–Crippen LogP) is 2.63. The summed E-state index contributed by atoms with van der Waals surface area (Å²) in [5.41, 5.74) is 4.42. The molecule has 142 valence electrons. The van der Waals surface area contributed by atoms with Crippen LogP contribution in [0.5, 0.6) is 5.75 Å². The largest absolute Gasteiger partial charge is 0.508 e. The van der Waals surface area contributed by atoms with Crippen molar-refractivity contribution in [1.82, 2.24) is 4.90 Å². The zero-order chi connectivity index (χ0) is 19.0. The third-order valence-electron chi connectivity index (χ3n) is 5.57. The fraction of sp³-hybridized carbons (Fsp3) is 0.381. The molecule has 1 aliphatic carbocycles. The Labute approximate surface area is 159 Å². The maximum Gasteiger partial charge on any atom is 0.223 e. The minimum absolute atomic E-state index is 0.00711. The summed E-state index contributed by atoms with van der Waals surface area (Å²) >= 11 is 0.